The summed E-state index contributed by atoms with van der Waals surface area (Å²) in [6.07, 6.45) is 3.28. The molecule has 0 saturated heterocycles. The third-order valence-electron chi connectivity index (χ3n) is 3.95. The number of carbonyl (C=O) groups is 1. The summed E-state index contributed by atoms with van der Waals surface area (Å²) in [5.74, 6) is 0.287. The molecule has 1 heterocycles. The van der Waals surface area contributed by atoms with E-state index in [9.17, 15) is 14.9 Å². The molecular weight excluding hydrogens is 348 g/mol. The minimum Gasteiger partial charge on any atom is -0.466 e. The second kappa shape index (κ2) is 8.13. The van der Waals surface area contributed by atoms with Crippen LogP contribution in [0.2, 0.25) is 0 Å². The molecule has 0 spiro atoms. The van der Waals surface area contributed by atoms with Gasteiger partial charge in [0.2, 0.25) is 0 Å². The number of aromatic nitrogens is 2. The minimum absolute atomic E-state index is 0.0633. The molecule has 0 fully saturated rings. The lowest BCUT2D eigenvalue weighted by atomic mass is 10.1. The Hall–Kier alpha value is -3.68. The number of methoxy groups -OCH3 is 1. The van der Waals surface area contributed by atoms with Gasteiger partial charge in [0.15, 0.2) is 0 Å². The van der Waals surface area contributed by atoms with E-state index >= 15 is 0 Å². The van der Waals surface area contributed by atoms with Gasteiger partial charge in [0.05, 0.1) is 23.1 Å². The van der Waals surface area contributed by atoms with Crippen molar-refractivity contribution in [2.24, 2.45) is 0 Å². The molecule has 0 unspecified atom stereocenters. The third-order valence-corrected chi connectivity index (χ3v) is 3.95. The lowest BCUT2D eigenvalue weighted by Crippen LogP contribution is -2.08. The Kier molecular flexibility index (Phi) is 5.46. The summed E-state index contributed by atoms with van der Waals surface area (Å²) < 4.78 is 4.51. The van der Waals surface area contributed by atoms with Gasteiger partial charge in [0, 0.05) is 25.1 Å². The average molecular weight is 366 g/mol. The SMILES string of the molecule is COC(=O)/C=C/c1ccc(NCCc2nc3ccccc3[nH]2)c([N+](=O)[O-])c1. The molecule has 1 aromatic heterocycles. The number of nitrogens with one attached hydrogen (secondary N) is 2. The van der Waals surface area contributed by atoms with Crippen LogP contribution < -0.4 is 5.32 Å². The van der Waals surface area contributed by atoms with Gasteiger partial charge in [-0.25, -0.2) is 9.78 Å². The predicted molar refractivity (Wildman–Crippen MR) is 102 cm³/mol. The molecule has 8 nitrogen and oxygen atoms in total. The van der Waals surface area contributed by atoms with Crippen LogP contribution in [0.4, 0.5) is 11.4 Å². The molecular formula is C19H18N4O4. The molecule has 0 atom stereocenters. The quantitative estimate of drug-likeness (QED) is 0.287. The summed E-state index contributed by atoms with van der Waals surface area (Å²) in [5.41, 5.74) is 2.73. The summed E-state index contributed by atoms with van der Waals surface area (Å²) in [5, 5.41) is 14.4. The average Bonchev–Trinajstić information content (AvgIpc) is 3.09. The van der Waals surface area contributed by atoms with Gasteiger partial charge in [-0.2, -0.15) is 0 Å². The Bertz CT molecular complexity index is 977. The van der Waals surface area contributed by atoms with Crippen molar-refractivity contribution in [2.45, 2.75) is 6.42 Å². The third kappa shape index (κ3) is 4.49. The molecule has 8 heteroatoms. The smallest absolute Gasteiger partial charge is 0.330 e. The first-order chi connectivity index (χ1) is 13.1. The van der Waals surface area contributed by atoms with Crippen LogP contribution in [0.1, 0.15) is 11.4 Å². The van der Waals surface area contributed by atoms with Crippen molar-refractivity contribution in [2.75, 3.05) is 19.0 Å². The van der Waals surface area contributed by atoms with Crippen molar-refractivity contribution < 1.29 is 14.5 Å². The van der Waals surface area contributed by atoms with Gasteiger partial charge in [-0.15, -0.1) is 0 Å². The number of anilines is 1. The maximum absolute atomic E-state index is 11.4. The van der Waals surface area contributed by atoms with Crippen LogP contribution in [-0.2, 0) is 16.0 Å². The lowest BCUT2D eigenvalue weighted by molar-refractivity contribution is -0.384. The zero-order valence-corrected chi connectivity index (χ0v) is 14.6. The van der Waals surface area contributed by atoms with Gasteiger partial charge in [-0.05, 0) is 29.8 Å². The zero-order valence-electron chi connectivity index (χ0n) is 14.6. The Morgan fingerprint density at radius 1 is 1.33 bits per heavy atom. The summed E-state index contributed by atoms with van der Waals surface area (Å²) in [4.78, 5) is 29.7. The molecule has 0 aliphatic heterocycles. The highest BCUT2D eigenvalue weighted by atomic mass is 16.6. The molecule has 3 rings (SSSR count). The molecule has 27 heavy (non-hydrogen) atoms. The number of ether oxygens (including phenoxy) is 1. The molecule has 3 aromatic rings. The van der Waals surface area contributed by atoms with Crippen molar-refractivity contribution in [3.8, 4) is 0 Å². The van der Waals surface area contributed by atoms with Gasteiger partial charge >= 0.3 is 5.97 Å². The van der Waals surface area contributed by atoms with Crippen molar-refractivity contribution in [3.05, 3.63) is 70.0 Å². The topological polar surface area (TPSA) is 110 Å². The molecule has 2 N–H and O–H groups in total. The van der Waals surface area contributed by atoms with Crippen molar-refractivity contribution >= 4 is 34.5 Å². The molecule has 138 valence electrons. The minimum atomic E-state index is -0.523. The molecule has 0 saturated carbocycles. The Balaban J connectivity index is 1.69. The number of benzene rings is 2. The van der Waals surface area contributed by atoms with E-state index < -0.39 is 10.9 Å². The number of nitrogens with zero attached hydrogens (tertiary/aromatic N) is 2. The second-order valence-corrected chi connectivity index (χ2v) is 5.77. The number of hydrogen-bond donors (Lipinski definition) is 2. The van der Waals surface area contributed by atoms with Crippen LogP contribution in [0.25, 0.3) is 17.1 Å². The van der Waals surface area contributed by atoms with E-state index in [-0.39, 0.29) is 5.69 Å². The summed E-state index contributed by atoms with van der Waals surface area (Å²) >= 11 is 0. The normalized spacial score (nSPS) is 11.0. The summed E-state index contributed by atoms with van der Waals surface area (Å²) in [6, 6.07) is 12.4. The molecule has 2 aromatic carbocycles. The first kappa shape index (κ1) is 18.1. The van der Waals surface area contributed by atoms with Gasteiger partial charge in [-0.3, -0.25) is 10.1 Å². The van der Waals surface area contributed by atoms with Gasteiger partial charge < -0.3 is 15.0 Å². The van der Waals surface area contributed by atoms with Gasteiger partial charge in [0.1, 0.15) is 11.5 Å². The number of rotatable bonds is 7. The van der Waals surface area contributed by atoms with E-state index in [0.29, 0.717) is 24.2 Å². The fourth-order valence-corrected chi connectivity index (χ4v) is 2.62. The fraction of sp³-hybridized carbons (Fsp3) is 0.158. The summed E-state index contributed by atoms with van der Waals surface area (Å²) in [7, 11) is 1.27. The van der Waals surface area contributed by atoms with Crippen LogP contribution in [0.5, 0.6) is 0 Å². The number of nitro groups is 1. The van der Waals surface area contributed by atoms with Crippen molar-refractivity contribution in [3.63, 3.8) is 0 Å². The van der Waals surface area contributed by atoms with E-state index in [1.807, 2.05) is 24.3 Å². The standard InChI is InChI=1S/C19H18N4O4/c1-27-19(24)9-7-13-6-8-16(17(12-13)23(25)26)20-11-10-18-21-14-4-2-3-5-15(14)22-18/h2-9,12,20H,10-11H2,1H3,(H,21,22)/b9-7+. The van der Waals surface area contributed by atoms with Crippen molar-refractivity contribution in [1.29, 1.82) is 0 Å². The number of fused-ring (bicyclic) bond motifs is 1. The van der Waals surface area contributed by atoms with E-state index in [1.165, 1.54) is 25.3 Å². The predicted octanol–water partition coefficient (Wildman–Crippen LogP) is 3.31. The van der Waals surface area contributed by atoms with Crippen molar-refractivity contribution in [1.82, 2.24) is 9.97 Å². The molecule has 0 radical (unpaired) electrons. The number of para-hydroxylation sites is 2. The number of hydrogen-bond acceptors (Lipinski definition) is 6. The number of carbonyl (C=O) groups excluding carboxylic acids is 1. The lowest BCUT2D eigenvalue weighted by Gasteiger charge is -2.07. The number of aromatic amines is 1. The van der Waals surface area contributed by atoms with Crippen LogP contribution in [-0.4, -0.2) is 34.5 Å². The fourth-order valence-electron chi connectivity index (χ4n) is 2.62. The molecule has 0 bridgehead atoms. The highest BCUT2D eigenvalue weighted by molar-refractivity contribution is 5.87. The Morgan fingerprint density at radius 2 is 2.15 bits per heavy atom. The van der Waals surface area contributed by atoms with E-state index in [0.717, 1.165) is 16.9 Å². The number of H-pyrrole nitrogens is 1. The number of imidazole rings is 1. The Labute approximate surface area is 155 Å². The first-order valence-corrected chi connectivity index (χ1v) is 8.29. The number of esters is 1. The highest BCUT2D eigenvalue weighted by Crippen LogP contribution is 2.26. The van der Waals surface area contributed by atoms with E-state index in [4.69, 9.17) is 0 Å². The maximum atomic E-state index is 11.4. The van der Waals surface area contributed by atoms with Crippen LogP contribution in [0, 0.1) is 10.1 Å². The van der Waals surface area contributed by atoms with Gasteiger partial charge in [-0.1, -0.05) is 18.2 Å². The molecule has 0 amide bonds. The zero-order chi connectivity index (χ0) is 19.2. The van der Waals surface area contributed by atoms with Gasteiger partial charge in [0.25, 0.3) is 5.69 Å². The van der Waals surface area contributed by atoms with Crippen LogP contribution in [0.3, 0.4) is 0 Å². The van der Waals surface area contributed by atoms with E-state index in [2.05, 4.69) is 20.0 Å². The molecule has 0 aliphatic rings. The monoisotopic (exact) mass is 366 g/mol. The Morgan fingerprint density at radius 3 is 2.89 bits per heavy atom. The largest absolute Gasteiger partial charge is 0.466 e. The number of nitro benzene ring substituents is 1. The molecule has 0 aliphatic carbocycles. The maximum Gasteiger partial charge on any atom is 0.330 e. The van der Waals surface area contributed by atoms with Crippen LogP contribution >= 0.6 is 0 Å². The first-order valence-electron chi connectivity index (χ1n) is 8.29. The summed E-state index contributed by atoms with van der Waals surface area (Å²) in [6.45, 7) is 0.484. The highest BCUT2D eigenvalue weighted by Gasteiger charge is 2.14. The second-order valence-electron chi connectivity index (χ2n) is 5.77. The van der Waals surface area contributed by atoms with E-state index in [1.54, 1.807) is 12.1 Å². The van der Waals surface area contributed by atoms with Crippen LogP contribution in [0.15, 0.2) is 48.5 Å².